The fourth-order valence-electron chi connectivity index (χ4n) is 1.17. The summed E-state index contributed by atoms with van der Waals surface area (Å²) in [4.78, 5) is 4.03. The highest BCUT2D eigenvalue weighted by Crippen LogP contribution is 2.24. The Labute approximate surface area is 111 Å². The van der Waals surface area contributed by atoms with Crippen LogP contribution >= 0.6 is 11.3 Å². The summed E-state index contributed by atoms with van der Waals surface area (Å²) < 4.78 is 63.3. The third kappa shape index (κ3) is 4.68. The van der Waals surface area contributed by atoms with Crippen LogP contribution in [0.2, 0.25) is 0 Å². The lowest BCUT2D eigenvalue weighted by Gasteiger charge is -2.14. The molecule has 1 rings (SSSR count). The number of nitrogens with zero attached hydrogens (tertiary/aromatic N) is 1. The van der Waals surface area contributed by atoms with Gasteiger partial charge in [-0.05, 0) is 0 Å². The molecule has 0 fully saturated rings. The van der Waals surface area contributed by atoms with Gasteiger partial charge in [0.2, 0.25) is 6.29 Å². The van der Waals surface area contributed by atoms with Crippen molar-refractivity contribution in [2.75, 3.05) is 20.8 Å². The Morgan fingerprint density at radius 2 is 1.95 bits per heavy atom. The molecule has 0 N–H and O–H groups in total. The molecule has 0 spiro atoms. The van der Waals surface area contributed by atoms with E-state index < -0.39 is 25.2 Å². The number of halogens is 4. The quantitative estimate of drug-likeness (QED) is 0.547. The van der Waals surface area contributed by atoms with E-state index in [9.17, 15) is 17.6 Å². The molecule has 0 saturated carbocycles. The van der Waals surface area contributed by atoms with E-state index in [1.165, 1.54) is 14.2 Å². The molecule has 1 aromatic heterocycles. The van der Waals surface area contributed by atoms with Crippen molar-refractivity contribution in [3.8, 4) is 0 Å². The van der Waals surface area contributed by atoms with E-state index in [1.807, 2.05) is 0 Å². The van der Waals surface area contributed by atoms with Crippen molar-refractivity contribution in [2.24, 2.45) is 0 Å². The first kappa shape index (κ1) is 16.3. The molecule has 4 nitrogen and oxygen atoms in total. The zero-order chi connectivity index (χ0) is 14.5. The zero-order valence-corrected chi connectivity index (χ0v) is 11.1. The molecule has 0 aliphatic heterocycles. The Kier molecular flexibility index (Phi) is 6.11. The van der Waals surface area contributed by atoms with Crippen molar-refractivity contribution >= 4 is 11.3 Å². The minimum absolute atomic E-state index is 0.271. The maximum Gasteiger partial charge on any atom is 0.330 e. The van der Waals surface area contributed by atoms with Gasteiger partial charge in [-0.3, -0.25) is 0 Å². The molecule has 0 unspecified atom stereocenters. The molecule has 110 valence electrons. The normalized spacial score (nSPS) is 12.6. The van der Waals surface area contributed by atoms with Crippen molar-refractivity contribution in [1.29, 1.82) is 0 Å². The summed E-state index contributed by atoms with van der Waals surface area (Å²) in [5.74, 6) is -4.15. The second kappa shape index (κ2) is 7.13. The number of hydrogen-bond acceptors (Lipinski definition) is 5. The van der Waals surface area contributed by atoms with Crippen LogP contribution in [0.4, 0.5) is 17.6 Å². The largest absolute Gasteiger partial charge is 0.368 e. The number of ether oxygens (including phenoxy) is 3. The predicted molar refractivity (Wildman–Crippen MR) is 59.5 cm³/mol. The van der Waals surface area contributed by atoms with Gasteiger partial charge in [0.25, 0.3) is 0 Å². The van der Waals surface area contributed by atoms with Gasteiger partial charge in [0.05, 0.1) is 6.61 Å². The molecule has 1 heterocycles. The van der Waals surface area contributed by atoms with E-state index in [0.29, 0.717) is 10.7 Å². The second-order valence-electron chi connectivity index (χ2n) is 3.52. The lowest BCUT2D eigenvalue weighted by atomic mass is 10.4. The highest BCUT2D eigenvalue weighted by molar-refractivity contribution is 7.09. The van der Waals surface area contributed by atoms with Crippen molar-refractivity contribution in [3.63, 3.8) is 0 Å². The SMILES string of the molecule is COC(OC)c1csc(COCC(F)(F)C(F)F)n1. The third-order valence-corrected chi connectivity index (χ3v) is 2.92. The van der Waals surface area contributed by atoms with Gasteiger partial charge in [0.15, 0.2) is 0 Å². The summed E-state index contributed by atoms with van der Waals surface area (Å²) in [5, 5.41) is 1.99. The number of thiazole rings is 1. The fraction of sp³-hybridized carbons (Fsp3) is 0.700. The summed E-state index contributed by atoms with van der Waals surface area (Å²) in [7, 11) is 2.85. The minimum atomic E-state index is -4.15. The van der Waals surface area contributed by atoms with Crippen molar-refractivity contribution in [2.45, 2.75) is 25.2 Å². The number of alkyl halides is 4. The maximum atomic E-state index is 12.6. The summed E-state index contributed by atoms with van der Waals surface area (Å²) in [5.41, 5.74) is 0.467. The Morgan fingerprint density at radius 3 is 2.47 bits per heavy atom. The number of methoxy groups -OCH3 is 2. The van der Waals surface area contributed by atoms with E-state index in [0.717, 1.165) is 11.3 Å². The Balaban J connectivity index is 2.47. The van der Waals surface area contributed by atoms with Crippen LogP contribution < -0.4 is 0 Å². The van der Waals surface area contributed by atoms with E-state index >= 15 is 0 Å². The first-order chi connectivity index (χ1) is 8.90. The van der Waals surface area contributed by atoms with Gasteiger partial charge < -0.3 is 14.2 Å². The molecule has 0 radical (unpaired) electrons. The van der Waals surface area contributed by atoms with Crippen LogP contribution in [0.1, 0.15) is 17.0 Å². The van der Waals surface area contributed by atoms with Crippen LogP contribution in [-0.2, 0) is 20.8 Å². The van der Waals surface area contributed by atoms with Crippen LogP contribution in [0.3, 0.4) is 0 Å². The van der Waals surface area contributed by atoms with E-state index in [-0.39, 0.29) is 6.61 Å². The van der Waals surface area contributed by atoms with Gasteiger partial charge in [-0.25, -0.2) is 13.8 Å². The minimum Gasteiger partial charge on any atom is -0.368 e. The third-order valence-electron chi connectivity index (χ3n) is 2.08. The summed E-state index contributed by atoms with van der Waals surface area (Å²) in [6.45, 7) is -1.62. The first-order valence-electron chi connectivity index (χ1n) is 5.14. The molecule has 19 heavy (non-hydrogen) atoms. The summed E-state index contributed by atoms with van der Waals surface area (Å²) in [6, 6.07) is 0. The van der Waals surface area contributed by atoms with Crippen LogP contribution in [0, 0.1) is 0 Å². The highest BCUT2D eigenvalue weighted by Gasteiger charge is 2.41. The van der Waals surface area contributed by atoms with Crippen LogP contribution in [0.15, 0.2) is 5.38 Å². The number of rotatable bonds is 8. The highest BCUT2D eigenvalue weighted by atomic mass is 32.1. The summed E-state index contributed by atoms with van der Waals surface area (Å²) in [6.07, 6.45) is -4.40. The lowest BCUT2D eigenvalue weighted by Crippen LogP contribution is -2.32. The standard InChI is InChI=1S/C10H13F4NO3S/c1-16-8(17-2)6-4-19-7(15-6)3-18-5-10(13,14)9(11)12/h4,8-9H,3,5H2,1-2H3. The van der Waals surface area contributed by atoms with Crippen molar-refractivity contribution in [3.05, 3.63) is 16.1 Å². The Hall–Kier alpha value is -0.770. The Morgan fingerprint density at radius 1 is 1.32 bits per heavy atom. The molecule has 0 aliphatic rings. The lowest BCUT2D eigenvalue weighted by molar-refractivity contribution is -0.168. The van der Waals surface area contributed by atoms with Crippen LogP contribution in [-0.4, -0.2) is 38.2 Å². The monoisotopic (exact) mass is 303 g/mol. The average Bonchev–Trinajstić information content (AvgIpc) is 2.79. The van der Waals surface area contributed by atoms with Gasteiger partial charge in [0.1, 0.15) is 17.3 Å². The van der Waals surface area contributed by atoms with E-state index in [2.05, 4.69) is 9.72 Å². The van der Waals surface area contributed by atoms with Gasteiger partial charge in [0, 0.05) is 19.6 Å². The molecule has 0 saturated heterocycles. The van der Waals surface area contributed by atoms with Gasteiger partial charge in [-0.15, -0.1) is 11.3 Å². The molecular formula is C10H13F4NO3S. The zero-order valence-electron chi connectivity index (χ0n) is 10.2. The average molecular weight is 303 g/mol. The number of hydrogen-bond donors (Lipinski definition) is 0. The van der Waals surface area contributed by atoms with E-state index in [1.54, 1.807) is 5.38 Å². The molecule has 0 bridgehead atoms. The van der Waals surface area contributed by atoms with Crippen molar-refractivity contribution in [1.82, 2.24) is 4.98 Å². The first-order valence-corrected chi connectivity index (χ1v) is 6.02. The molecule has 0 atom stereocenters. The fourth-order valence-corrected chi connectivity index (χ4v) is 1.90. The van der Waals surface area contributed by atoms with Gasteiger partial charge in [-0.2, -0.15) is 8.78 Å². The molecule has 0 aliphatic carbocycles. The van der Waals surface area contributed by atoms with Crippen molar-refractivity contribution < 1.29 is 31.8 Å². The molecule has 0 aromatic carbocycles. The smallest absolute Gasteiger partial charge is 0.330 e. The maximum absolute atomic E-state index is 12.6. The molecule has 1 aromatic rings. The summed E-state index contributed by atoms with van der Waals surface area (Å²) >= 11 is 1.14. The van der Waals surface area contributed by atoms with Gasteiger partial charge >= 0.3 is 12.3 Å². The second-order valence-corrected chi connectivity index (χ2v) is 4.47. The molecule has 9 heteroatoms. The van der Waals surface area contributed by atoms with Gasteiger partial charge in [-0.1, -0.05) is 0 Å². The molecular weight excluding hydrogens is 290 g/mol. The topological polar surface area (TPSA) is 40.6 Å². The molecule has 0 amide bonds. The number of aromatic nitrogens is 1. The Bertz CT molecular complexity index is 385. The van der Waals surface area contributed by atoms with Crippen LogP contribution in [0.5, 0.6) is 0 Å². The van der Waals surface area contributed by atoms with E-state index in [4.69, 9.17) is 9.47 Å². The predicted octanol–water partition coefficient (Wildman–Crippen LogP) is 2.85. The van der Waals surface area contributed by atoms with Crippen LogP contribution in [0.25, 0.3) is 0 Å².